The quantitative estimate of drug-likeness (QED) is 0.0426. The van der Waals surface area contributed by atoms with Gasteiger partial charge in [0.2, 0.25) is 0 Å². The van der Waals surface area contributed by atoms with Crippen LogP contribution >= 0.6 is 0 Å². The Balaban J connectivity index is 0.000000150. The Kier molecular flexibility index (Phi) is 28.0. The maximum atomic E-state index is 11.9. The normalized spacial score (nSPS) is 11.5. The number of rotatable bonds is 21. The second-order valence-corrected chi connectivity index (χ2v) is 39.1. The van der Waals surface area contributed by atoms with E-state index < -0.39 is 10.8 Å². The van der Waals surface area contributed by atoms with Crippen molar-refractivity contribution in [1.29, 1.82) is 0 Å². The lowest BCUT2D eigenvalue weighted by atomic mass is 9.71. The van der Waals surface area contributed by atoms with Gasteiger partial charge in [-0.2, -0.15) is 0 Å². The maximum absolute atomic E-state index is 11.9. The largest absolute Gasteiger partial charge is 0.507 e. The van der Waals surface area contributed by atoms with Gasteiger partial charge >= 0.3 is 0 Å². The molecule has 18 aromatic carbocycles. The van der Waals surface area contributed by atoms with Gasteiger partial charge in [0.05, 0.1) is 0 Å². The molecule has 6 nitrogen and oxygen atoms in total. The third kappa shape index (κ3) is 19.3. The molecule has 0 radical (unpaired) electrons. The van der Waals surface area contributed by atoms with E-state index in [2.05, 4.69) is 343 Å². The number of hydrogen-bond acceptors (Lipinski definition) is 6. The molecular formula is C132H126O6. The summed E-state index contributed by atoms with van der Waals surface area (Å²) in [6.07, 6.45) is 2.51. The summed E-state index contributed by atoms with van der Waals surface area (Å²) in [6, 6.07) is 125. The van der Waals surface area contributed by atoms with Crippen LogP contribution in [0, 0.1) is 83.1 Å². The van der Waals surface area contributed by atoms with Gasteiger partial charge in [0, 0.05) is 77.6 Å². The third-order valence-electron chi connectivity index (χ3n) is 29.2. The van der Waals surface area contributed by atoms with Crippen molar-refractivity contribution in [3.05, 3.63) is 464 Å². The van der Waals surface area contributed by atoms with E-state index in [1.165, 1.54) is 11.1 Å². The molecule has 18 rings (SSSR count). The number of phenols is 6. The van der Waals surface area contributed by atoms with E-state index in [0.29, 0.717) is 11.5 Å². The number of phenolic OH excluding ortho intramolecular Hbond substituents is 6. The Bertz CT molecular complexity index is 6920. The summed E-state index contributed by atoms with van der Waals surface area (Å²) in [7, 11) is 0. The number of aromatic hydroxyl groups is 6. The van der Waals surface area contributed by atoms with Crippen molar-refractivity contribution in [2.45, 2.75) is 160 Å². The predicted octanol–water partition coefficient (Wildman–Crippen LogP) is 35.0. The van der Waals surface area contributed by atoms with E-state index in [0.717, 1.165) is 242 Å². The van der Waals surface area contributed by atoms with Gasteiger partial charge in [-0.15, -0.1) is 0 Å². The number of hydrogen-bond donors (Lipinski definition) is 6. The van der Waals surface area contributed by atoms with Crippen LogP contribution in [0.2, 0.25) is 0 Å². The highest BCUT2D eigenvalue weighted by Gasteiger charge is 2.35. The molecule has 0 aromatic heterocycles. The van der Waals surface area contributed by atoms with Crippen LogP contribution in [-0.2, 0) is 22.7 Å². The van der Waals surface area contributed by atoms with Gasteiger partial charge in [-0.3, -0.25) is 0 Å². The molecule has 0 saturated heterocycles. The summed E-state index contributed by atoms with van der Waals surface area (Å²) in [6.45, 7) is 38.7. The molecule has 0 amide bonds. The Morgan fingerprint density at radius 1 is 0.174 bits per heavy atom. The number of benzene rings is 18. The first-order valence-corrected chi connectivity index (χ1v) is 48.2. The first-order chi connectivity index (χ1) is 66.3. The van der Waals surface area contributed by atoms with Crippen LogP contribution in [0.15, 0.2) is 364 Å². The highest BCUT2D eigenvalue weighted by Crippen LogP contribution is 2.54. The van der Waals surface area contributed by atoms with E-state index >= 15 is 0 Å². The molecule has 0 aliphatic carbocycles. The van der Waals surface area contributed by atoms with E-state index in [1.807, 2.05) is 146 Å². The van der Waals surface area contributed by atoms with Gasteiger partial charge in [0.15, 0.2) is 0 Å². The lowest BCUT2D eigenvalue weighted by Gasteiger charge is -2.33. The van der Waals surface area contributed by atoms with Crippen molar-refractivity contribution < 1.29 is 30.6 Å². The molecule has 138 heavy (non-hydrogen) atoms. The monoisotopic (exact) mass is 1810 g/mol. The van der Waals surface area contributed by atoms with E-state index in [4.69, 9.17) is 0 Å². The van der Waals surface area contributed by atoms with Crippen molar-refractivity contribution in [1.82, 2.24) is 0 Å². The van der Waals surface area contributed by atoms with Crippen molar-refractivity contribution in [2.24, 2.45) is 0 Å². The minimum absolute atomic E-state index is 0.216. The summed E-state index contributed by atoms with van der Waals surface area (Å²) >= 11 is 0. The van der Waals surface area contributed by atoms with Gasteiger partial charge in [-0.25, -0.2) is 0 Å². The minimum Gasteiger partial charge on any atom is -0.507 e. The Hall–Kier alpha value is -15.2. The summed E-state index contributed by atoms with van der Waals surface area (Å²) in [5, 5.41) is 71.0. The molecule has 690 valence electrons. The van der Waals surface area contributed by atoms with Crippen LogP contribution in [0.25, 0.3) is 134 Å². The SMILES string of the molecule is CCC(C)(c1cc(-c2ccccc2C)c(O)c(-c2ccccc2C)c1)c1cc(-c2ccccc2C)c(O)c(-c2ccccc2C)c1.Cc1ccccc1-c1cc(C(C)(C)c2cc(-c3ccccc3C)c(O)c(-c3ccccc3C)c2)cc(-c2ccccc2C)c1O.Cc1ccccc1-c1cc(CCC(C)(C)c2cc(-c3ccccc3C)c(O)c(-c3ccccc3C)c2)cc(-c2ccccc2C)c1O. The average molecular weight is 1810 g/mol. The molecule has 0 bridgehead atoms. The third-order valence-corrected chi connectivity index (χ3v) is 29.2. The molecule has 0 saturated carbocycles. The van der Waals surface area contributed by atoms with Gasteiger partial charge in [0.25, 0.3) is 0 Å². The maximum Gasteiger partial charge on any atom is 0.131 e. The summed E-state index contributed by atoms with van der Waals surface area (Å²) in [5.74, 6) is 1.78. The molecule has 6 heteroatoms. The molecule has 0 atom stereocenters. The van der Waals surface area contributed by atoms with Crippen LogP contribution in [0.3, 0.4) is 0 Å². The first kappa shape index (κ1) is 95.9. The summed E-state index contributed by atoms with van der Waals surface area (Å²) in [4.78, 5) is 0. The summed E-state index contributed by atoms with van der Waals surface area (Å²) in [5.41, 5.74) is 41.2. The lowest BCUT2D eigenvalue weighted by Crippen LogP contribution is -2.23. The fourth-order valence-electron chi connectivity index (χ4n) is 20.1. The van der Waals surface area contributed by atoms with E-state index in [9.17, 15) is 30.6 Å². The van der Waals surface area contributed by atoms with E-state index in [1.54, 1.807) is 0 Å². The van der Waals surface area contributed by atoms with Crippen molar-refractivity contribution in [2.75, 3.05) is 0 Å². The van der Waals surface area contributed by atoms with E-state index in [-0.39, 0.29) is 28.4 Å². The van der Waals surface area contributed by atoms with Gasteiger partial charge in [-0.05, 0) is 347 Å². The molecule has 18 aromatic rings. The number of aryl methyl sites for hydroxylation is 13. The second kappa shape index (κ2) is 40.4. The molecule has 0 aliphatic rings. The molecule has 0 spiro atoms. The van der Waals surface area contributed by atoms with Crippen LogP contribution in [-0.4, -0.2) is 30.6 Å². The topological polar surface area (TPSA) is 121 Å². The van der Waals surface area contributed by atoms with Crippen molar-refractivity contribution >= 4 is 0 Å². The van der Waals surface area contributed by atoms with Crippen LogP contribution in [0.4, 0.5) is 0 Å². The van der Waals surface area contributed by atoms with Gasteiger partial charge in [-0.1, -0.05) is 333 Å². The zero-order valence-electron chi connectivity index (χ0n) is 82.9. The molecular weight excluding hydrogens is 1680 g/mol. The van der Waals surface area contributed by atoms with Crippen LogP contribution in [0.5, 0.6) is 34.5 Å². The minimum atomic E-state index is -0.495. The smallest absolute Gasteiger partial charge is 0.131 e. The van der Waals surface area contributed by atoms with Crippen LogP contribution < -0.4 is 0 Å². The fourth-order valence-corrected chi connectivity index (χ4v) is 20.1. The molecule has 0 fully saturated rings. The van der Waals surface area contributed by atoms with Gasteiger partial charge < -0.3 is 30.6 Å². The van der Waals surface area contributed by atoms with Crippen molar-refractivity contribution in [3.8, 4) is 168 Å². The second-order valence-electron chi connectivity index (χ2n) is 39.1. The zero-order valence-corrected chi connectivity index (χ0v) is 82.9. The van der Waals surface area contributed by atoms with Crippen LogP contribution in [0.1, 0.15) is 155 Å². The zero-order chi connectivity index (χ0) is 97.8. The van der Waals surface area contributed by atoms with Gasteiger partial charge in [0.1, 0.15) is 34.5 Å². The highest BCUT2D eigenvalue weighted by molar-refractivity contribution is 5.93. The molecule has 6 N–H and O–H groups in total. The molecule has 0 aliphatic heterocycles. The molecule has 0 heterocycles. The first-order valence-electron chi connectivity index (χ1n) is 48.2. The standard InChI is InChI=1S/C45H44O2.C44H42O2.C43H40O2/c1-29-15-7-11-19-35(29)39-25-33(26-40(43(39)46)36-20-12-8-16-30(36)2)23-24-45(5,6)34-27-41(37-21-13-9-17-31(37)3)44(47)42(28-34)38-22-14-10-18-32(38)4;1-7-44(6,32-24-38(34-20-12-8-16-28(34)2)42(45)39(25-32)35-21-13-9-17-29(35)3)33-26-40(36-22-14-10-18-30(36)4)43(46)41(27-33)37-23-15-11-19-31(37)5;1-27-15-7-11-19-33(27)37-23-31(24-38(41(37)44)34-20-12-8-16-28(34)2)43(5,6)32-25-39(35-21-13-9-17-29(35)3)42(45)40(26-32)36-22-14-10-18-30(36)4/h7-22,25-28,46-47H,23-24H2,1-6H3;8-27,45-46H,7H2,1-6H3;7-26,44-45H,1-6H3. The molecule has 0 unspecified atom stereocenters. The Morgan fingerprint density at radius 2 is 0.312 bits per heavy atom. The lowest BCUT2D eigenvalue weighted by molar-refractivity contribution is 0.468. The Labute approximate surface area is 817 Å². The predicted molar refractivity (Wildman–Crippen MR) is 581 cm³/mol. The van der Waals surface area contributed by atoms with Crippen molar-refractivity contribution in [3.63, 3.8) is 0 Å². The highest BCUT2D eigenvalue weighted by atomic mass is 16.3. The average Bonchev–Trinajstić information content (AvgIpc) is 0.743. The Morgan fingerprint density at radius 3 is 0.464 bits per heavy atom. The fraction of sp³-hybridized carbons (Fsp3) is 0.182. The summed E-state index contributed by atoms with van der Waals surface area (Å²) < 4.78 is 0.